The molecule has 4 nitrogen and oxygen atoms in total. The van der Waals surface area contributed by atoms with Crippen LogP contribution in [0.2, 0.25) is 0 Å². The molecule has 1 unspecified atom stereocenters. The van der Waals surface area contributed by atoms with Crippen molar-refractivity contribution in [3.8, 4) is 6.07 Å². The van der Waals surface area contributed by atoms with E-state index in [1.165, 1.54) is 23.1 Å². The number of ether oxygens (including phenoxy) is 1. The minimum atomic E-state index is -0.777. The number of benzene rings is 1. The van der Waals surface area contributed by atoms with Gasteiger partial charge in [0.2, 0.25) is 6.10 Å². The number of nitriles is 1. The van der Waals surface area contributed by atoms with Crippen LogP contribution in [0.1, 0.15) is 0 Å². The van der Waals surface area contributed by atoms with Gasteiger partial charge in [0.1, 0.15) is 11.9 Å². The fourth-order valence-electron chi connectivity index (χ4n) is 1.38. The van der Waals surface area contributed by atoms with E-state index in [1.807, 2.05) is 6.07 Å². The lowest BCUT2D eigenvalue weighted by molar-refractivity contribution is 0.162. The number of hydrogen-bond donors (Lipinski definition) is 0. The van der Waals surface area contributed by atoms with Gasteiger partial charge in [-0.25, -0.2) is 9.18 Å². The Labute approximate surface area is 85.5 Å². The van der Waals surface area contributed by atoms with Crippen molar-refractivity contribution in [2.45, 2.75) is 6.10 Å². The Morgan fingerprint density at radius 3 is 3.00 bits per heavy atom. The highest BCUT2D eigenvalue weighted by Gasteiger charge is 2.32. The molecule has 76 valence electrons. The number of carbonyl (C=O) groups excluding carboxylic acids is 1. The zero-order chi connectivity index (χ0) is 10.8. The van der Waals surface area contributed by atoms with Gasteiger partial charge in [0.15, 0.2) is 0 Å². The summed E-state index contributed by atoms with van der Waals surface area (Å²) < 4.78 is 17.6. The summed E-state index contributed by atoms with van der Waals surface area (Å²) >= 11 is 0. The summed E-state index contributed by atoms with van der Waals surface area (Å²) in [6.07, 6.45) is -1.40. The van der Waals surface area contributed by atoms with Crippen molar-refractivity contribution < 1.29 is 13.9 Å². The van der Waals surface area contributed by atoms with Crippen molar-refractivity contribution in [2.75, 3.05) is 11.4 Å². The highest BCUT2D eigenvalue weighted by molar-refractivity contribution is 5.89. The smallest absolute Gasteiger partial charge is 0.415 e. The number of hydrogen-bond acceptors (Lipinski definition) is 3. The van der Waals surface area contributed by atoms with Crippen LogP contribution < -0.4 is 4.90 Å². The molecule has 1 amide bonds. The normalized spacial score (nSPS) is 19.9. The predicted molar refractivity (Wildman–Crippen MR) is 49.6 cm³/mol. The maximum absolute atomic E-state index is 12.9. The third-order valence-electron chi connectivity index (χ3n) is 2.08. The van der Waals surface area contributed by atoms with Crippen LogP contribution in [0.5, 0.6) is 0 Å². The number of rotatable bonds is 1. The molecule has 1 aliphatic rings. The van der Waals surface area contributed by atoms with E-state index in [-0.39, 0.29) is 6.54 Å². The van der Waals surface area contributed by atoms with Crippen molar-refractivity contribution in [2.24, 2.45) is 0 Å². The Hall–Kier alpha value is -2.09. The number of anilines is 1. The predicted octanol–water partition coefficient (Wildman–Crippen LogP) is 1.67. The molecule has 15 heavy (non-hydrogen) atoms. The van der Waals surface area contributed by atoms with Crippen LogP contribution in [-0.4, -0.2) is 18.7 Å². The summed E-state index contributed by atoms with van der Waals surface area (Å²) in [7, 11) is 0. The molecule has 0 N–H and O–H groups in total. The summed E-state index contributed by atoms with van der Waals surface area (Å²) in [6.45, 7) is 0.138. The van der Waals surface area contributed by atoms with Crippen molar-refractivity contribution in [1.29, 1.82) is 5.26 Å². The molecule has 0 bridgehead atoms. The number of cyclic esters (lactones) is 1. The average molecular weight is 206 g/mol. The molecule has 0 saturated carbocycles. The van der Waals surface area contributed by atoms with E-state index < -0.39 is 18.0 Å². The van der Waals surface area contributed by atoms with Gasteiger partial charge in [0.25, 0.3) is 0 Å². The molecule has 0 radical (unpaired) electrons. The number of halogens is 1. The maximum atomic E-state index is 12.9. The van der Waals surface area contributed by atoms with Gasteiger partial charge in [-0.1, -0.05) is 6.07 Å². The molecule has 1 aromatic rings. The van der Waals surface area contributed by atoms with E-state index >= 15 is 0 Å². The minimum Gasteiger partial charge on any atom is -0.428 e. The third-order valence-corrected chi connectivity index (χ3v) is 2.08. The van der Waals surface area contributed by atoms with Crippen LogP contribution in [-0.2, 0) is 4.74 Å². The molecule has 1 fully saturated rings. The van der Waals surface area contributed by atoms with Gasteiger partial charge >= 0.3 is 6.09 Å². The Balaban J connectivity index is 2.26. The van der Waals surface area contributed by atoms with Gasteiger partial charge in [-0.3, -0.25) is 4.90 Å². The van der Waals surface area contributed by atoms with E-state index in [4.69, 9.17) is 10.00 Å². The van der Waals surface area contributed by atoms with E-state index in [2.05, 4.69) is 0 Å². The monoisotopic (exact) mass is 206 g/mol. The fourth-order valence-corrected chi connectivity index (χ4v) is 1.38. The fraction of sp³-hybridized carbons (Fsp3) is 0.200. The van der Waals surface area contributed by atoms with Crippen LogP contribution in [0, 0.1) is 17.1 Å². The number of nitrogens with zero attached hydrogens (tertiary/aromatic N) is 2. The third kappa shape index (κ3) is 1.74. The standard InChI is InChI=1S/C10H7FN2O2/c11-7-2-1-3-8(4-7)13-6-9(5-12)15-10(13)14/h1-4,9H,6H2. The molecule has 2 rings (SSSR count). The second-order valence-corrected chi connectivity index (χ2v) is 3.09. The quantitative estimate of drug-likeness (QED) is 0.702. The zero-order valence-corrected chi connectivity index (χ0v) is 7.68. The Morgan fingerprint density at radius 2 is 2.40 bits per heavy atom. The van der Waals surface area contributed by atoms with Crippen LogP contribution in [0.25, 0.3) is 0 Å². The molecule has 1 saturated heterocycles. The summed E-state index contributed by atoms with van der Waals surface area (Å²) in [4.78, 5) is 12.5. The molecule has 1 heterocycles. The molecule has 0 aromatic heterocycles. The van der Waals surface area contributed by atoms with E-state index in [0.717, 1.165) is 0 Å². The molecule has 1 atom stereocenters. The van der Waals surface area contributed by atoms with Crippen molar-refractivity contribution in [3.05, 3.63) is 30.1 Å². The van der Waals surface area contributed by atoms with Gasteiger partial charge < -0.3 is 4.74 Å². The Kier molecular flexibility index (Phi) is 2.26. The van der Waals surface area contributed by atoms with E-state index in [1.54, 1.807) is 6.07 Å². The average Bonchev–Trinajstić information content (AvgIpc) is 2.60. The Morgan fingerprint density at radius 1 is 1.60 bits per heavy atom. The Bertz CT molecular complexity index is 441. The van der Waals surface area contributed by atoms with Gasteiger partial charge in [-0.15, -0.1) is 0 Å². The molecule has 0 aliphatic carbocycles. The highest BCUT2D eigenvalue weighted by atomic mass is 19.1. The molecule has 0 spiro atoms. The molecular formula is C10H7FN2O2. The zero-order valence-electron chi connectivity index (χ0n) is 7.68. The van der Waals surface area contributed by atoms with E-state index in [9.17, 15) is 9.18 Å². The van der Waals surface area contributed by atoms with Crippen LogP contribution in [0.3, 0.4) is 0 Å². The second kappa shape index (κ2) is 3.58. The van der Waals surface area contributed by atoms with Crippen LogP contribution in [0.15, 0.2) is 24.3 Å². The first-order valence-corrected chi connectivity index (χ1v) is 4.34. The van der Waals surface area contributed by atoms with Crippen LogP contribution >= 0.6 is 0 Å². The van der Waals surface area contributed by atoms with Gasteiger partial charge in [-0.05, 0) is 18.2 Å². The lowest BCUT2D eigenvalue weighted by Crippen LogP contribution is -2.24. The molecule has 5 heteroatoms. The molecular weight excluding hydrogens is 199 g/mol. The minimum absolute atomic E-state index is 0.138. The number of carbonyl (C=O) groups is 1. The number of amides is 1. The first kappa shape index (κ1) is 9.46. The maximum Gasteiger partial charge on any atom is 0.415 e. The summed E-state index contributed by atoms with van der Waals surface area (Å²) in [5.74, 6) is -0.430. The SMILES string of the molecule is N#CC1CN(c2cccc(F)c2)C(=O)O1. The van der Waals surface area contributed by atoms with Crippen LogP contribution in [0.4, 0.5) is 14.9 Å². The van der Waals surface area contributed by atoms with Gasteiger partial charge in [-0.2, -0.15) is 5.26 Å². The summed E-state index contributed by atoms with van der Waals surface area (Å²) in [5.41, 5.74) is 0.401. The van der Waals surface area contributed by atoms with Crippen molar-refractivity contribution in [1.82, 2.24) is 0 Å². The second-order valence-electron chi connectivity index (χ2n) is 3.09. The van der Waals surface area contributed by atoms with Gasteiger partial charge in [0.05, 0.1) is 12.2 Å². The summed E-state index contributed by atoms with van der Waals surface area (Å²) in [6, 6.07) is 7.42. The first-order valence-electron chi connectivity index (χ1n) is 4.34. The summed E-state index contributed by atoms with van der Waals surface area (Å²) in [5, 5.41) is 8.58. The molecule has 1 aliphatic heterocycles. The molecule has 1 aromatic carbocycles. The van der Waals surface area contributed by atoms with Crippen molar-refractivity contribution >= 4 is 11.8 Å². The topological polar surface area (TPSA) is 53.3 Å². The van der Waals surface area contributed by atoms with Crippen molar-refractivity contribution in [3.63, 3.8) is 0 Å². The lowest BCUT2D eigenvalue weighted by atomic mass is 10.3. The largest absolute Gasteiger partial charge is 0.428 e. The van der Waals surface area contributed by atoms with Gasteiger partial charge in [0, 0.05) is 0 Å². The van der Waals surface area contributed by atoms with E-state index in [0.29, 0.717) is 5.69 Å². The highest BCUT2D eigenvalue weighted by Crippen LogP contribution is 2.21. The lowest BCUT2D eigenvalue weighted by Gasteiger charge is -2.11. The first-order chi connectivity index (χ1) is 7.20.